The van der Waals surface area contributed by atoms with E-state index in [1.54, 1.807) is 13.3 Å². The number of hydrogen-bond donors (Lipinski definition) is 1. The third-order valence-corrected chi connectivity index (χ3v) is 3.65. The minimum Gasteiger partial charge on any atom is -0.493 e. The van der Waals surface area contributed by atoms with Gasteiger partial charge in [0.25, 0.3) is 0 Å². The zero-order valence-electron chi connectivity index (χ0n) is 12.4. The molecule has 0 aliphatic rings. The van der Waals surface area contributed by atoms with Gasteiger partial charge in [0.2, 0.25) is 0 Å². The summed E-state index contributed by atoms with van der Waals surface area (Å²) in [5, 5.41) is 8.70. The number of methoxy groups -OCH3 is 1. The number of fused-ring (bicyclic) bond motifs is 1. The Morgan fingerprint density at radius 3 is 2.76 bits per heavy atom. The number of ether oxygens (including phenoxy) is 1. The number of nitrogens with one attached hydrogen (secondary N) is 1. The second-order valence-corrected chi connectivity index (χ2v) is 4.87. The lowest BCUT2D eigenvalue weighted by molar-refractivity contribution is 0.402. The van der Waals surface area contributed by atoms with Crippen molar-refractivity contribution in [3.63, 3.8) is 0 Å². The highest BCUT2D eigenvalue weighted by Crippen LogP contribution is 2.29. The molecular weight excluding hydrogens is 264 g/mol. The lowest BCUT2D eigenvalue weighted by atomic mass is 10.1. The molecule has 0 saturated heterocycles. The van der Waals surface area contributed by atoms with Crippen molar-refractivity contribution in [3.05, 3.63) is 54.0 Å². The molecule has 3 aromatic rings. The van der Waals surface area contributed by atoms with Crippen molar-refractivity contribution in [1.82, 2.24) is 20.1 Å². The number of hydrogen-bond acceptors (Lipinski definition) is 4. The third-order valence-electron chi connectivity index (χ3n) is 3.65. The van der Waals surface area contributed by atoms with Crippen molar-refractivity contribution in [1.29, 1.82) is 0 Å². The average molecular weight is 282 g/mol. The Bertz CT molecular complexity index is 766. The zero-order valence-corrected chi connectivity index (χ0v) is 12.4. The van der Waals surface area contributed by atoms with Crippen molar-refractivity contribution < 1.29 is 4.74 Å². The van der Waals surface area contributed by atoms with Gasteiger partial charge in [-0.3, -0.25) is 9.67 Å². The monoisotopic (exact) mass is 282 g/mol. The molecule has 21 heavy (non-hydrogen) atoms. The molecular formula is C16H18N4O. The van der Waals surface area contributed by atoms with Crippen LogP contribution >= 0.6 is 0 Å². The second-order valence-electron chi connectivity index (χ2n) is 4.87. The van der Waals surface area contributed by atoms with Crippen LogP contribution in [0.3, 0.4) is 0 Å². The fraction of sp³-hybridized carbons (Fsp3) is 0.250. The Balaban J connectivity index is 2.11. The summed E-state index contributed by atoms with van der Waals surface area (Å²) in [4.78, 5) is 4.76. The number of para-hydroxylation sites is 1. The van der Waals surface area contributed by atoms with Gasteiger partial charge in [0.1, 0.15) is 5.69 Å². The van der Waals surface area contributed by atoms with E-state index in [0.29, 0.717) is 0 Å². The zero-order chi connectivity index (χ0) is 14.8. The van der Waals surface area contributed by atoms with Crippen molar-refractivity contribution in [2.45, 2.75) is 6.04 Å². The van der Waals surface area contributed by atoms with Gasteiger partial charge in [0, 0.05) is 12.4 Å². The van der Waals surface area contributed by atoms with E-state index < -0.39 is 0 Å². The molecule has 0 spiro atoms. The highest BCUT2D eigenvalue weighted by atomic mass is 16.5. The average Bonchev–Trinajstić information content (AvgIpc) is 2.89. The van der Waals surface area contributed by atoms with Gasteiger partial charge in [-0.05, 0) is 19.2 Å². The van der Waals surface area contributed by atoms with E-state index in [1.807, 2.05) is 43.0 Å². The van der Waals surface area contributed by atoms with Gasteiger partial charge in [-0.15, -0.1) is 0 Å². The van der Waals surface area contributed by atoms with Crippen LogP contribution in [-0.2, 0) is 7.05 Å². The van der Waals surface area contributed by atoms with E-state index >= 15 is 0 Å². The van der Waals surface area contributed by atoms with Crippen LogP contribution in [0.1, 0.15) is 17.4 Å². The van der Waals surface area contributed by atoms with Crippen molar-refractivity contribution in [2.24, 2.45) is 7.05 Å². The molecule has 0 aliphatic heterocycles. The predicted octanol–water partition coefficient (Wildman–Crippen LogP) is 2.29. The van der Waals surface area contributed by atoms with Gasteiger partial charge in [-0.2, -0.15) is 5.10 Å². The van der Waals surface area contributed by atoms with Crippen LogP contribution in [0, 0.1) is 0 Å². The van der Waals surface area contributed by atoms with Crippen molar-refractivity contribution in [2.75, 3.05) is 14.2 Å². The molecule has 1 unspecified atom stereocenters. The number of pyridine rings is 1. The largest absolute Gasteiger partial charge is 0.493 e. The summed E-state index contributed by atoms with van der Waals surface area (Å²) < 4.78 is 7.22. The van der Waals surface area contributed by atoms with Gasteiger partial charge in [-0.1, -0.05) is 24.3 Å². The van der Waals surface area contributed by atoms with Gasteiger partial charge >= 0.3 is 0 Å². The van der Waals surface area contributed by atoms with E-state index in [4.69, 9.17) is 9.72 Å². The molecule has 0 aliphatic carbocycles. The molecule has 1 atom stereocenters. The maximum atomic E-state index is 5.41. The topological polar surface area (TPSA) is 52.0 Å². The Morgan fingerprint density at radius 1 is 1.19 bits per heavy atom. The Kier molecular flexibility index (Phi) is 3.58. The first-order valence-corrected chi connectivity index (χ1v) is 6.83. The number of nitrogens with zero attached hydrogens (tertiary/aromatic N) is 3. The third kappa shape index (κ3) is 2.36. The quantitative estimate of drug-likeness (QED) is 0.797. The summed E-state index contributed by atoms with van der Waals surface area (Å²) in [5.74, 6) is 0.756. The smallest absolute Gasteiger partial charge is 0.161 e. The van der Waals surface area contributed by atoms with Crippen LogP contribution in [0.5, 0.6) is 5.75 Å². The molecule has 1 N–H and O–H groups in total. The Labute approximate surface area is 123 Å². The molecule has 2 aromatic heterocycles. The van der Waals surface area contributed by atoms with Crippen LogP contribution in [0.15, 0.2) is 42.6 Å². The van der Waals surface area contributed by atoms with Crippen molar-refractivity contribution >= 4 is 10.9 Å². The van der Waals surface area contributed by atoms with Gasteiger partial charge in [-0.25, -0.2) is 0 Å². The predicted molar refractivity (Wildman–Crippen MR) is 82.4 cm³/mol. The molecule has 0 saturated carbocycles. The second kappa shape index (κ2) is 5.54. The number of rotatable bonds is 4. The van der Waals surface area contributed by atoms with Crippen molar-refractivity contribution in [3.8, 4) is 5.75 Å². The first kappa shape index (κ1) is 13.6. The van der Waals surface area contributed by atoms with Crippen LogP contribution in [-0.4, -0.2) is 28.9 Å². The first-order chi connectivity index (χ1) is 10.2. The SMILES string of the molecule is CNC(c1ccc2ccccc2n1)c1c(OC)cnn1C. The highest BCUT2D eigenvalue weighted by Gasteiger charge is 2.22. The minimum atomic E-state index is -0.0722. The van der Waals surface area contributed by atoms with Crippen LogP contribution < -0.4 is 10.1 Å². The van der Waals surface area contributed by atoms with Crippen LogP contribution in [0.25, 0.3) is 10.9 Å². The Morgan fingerprint density at radius 2 is 2.00 bits per heavy atom. The lowest BCUT2D eigenvalue weighted by Crippen LogP contribution is -2.22. The van der Waals surface area contributed by atoms with E-state index in [0.717, 1.165) is 28.0 Å². The standard InChI is InChI=1S/C16H18N4O/c1-17-15(16-14(21-3)10-18-20(16)2)13-9-8-11-6-4-5-7-12(11)19-13/h4-10,15,17H,1-3H3. The molecule has 2 heterocycles. The van der Waals surface area contributed by atoms with E-state index in [9.17, 15) is 0 Å². The molecule has 108 valence electrons. The van der Waals surface area contributed by atoms with Gasteiger partial charge in [0.05, 0.1) is 30.6 Å². The minimum absolute atomic E-state index is 0.0722. The fourth-order valence-corrected chi connectivity index (χ4v) is 2.58. The summed E-state index contributed by atoms with van der Waals surface area (Å²) in [6.45, 7) is 0. The fourth-order valence-electron chi connectivity index (χ4n) is 2.58. The maximum Gasteiger partial charge on any atom is 0.161 e. The molecule has 5 heteroatoms. The van der Waals surface area contributed by atoms with E-state index in [2.05, 4.69) is 22.5 Å². The summed E-state index contributed by atoms with van der Waals surface area (Å²) in [5.41, 5.74) is 2.89. The maximum absolute atomic E-state index is 5.41. The van der Waals surface area contributed by atoms with Gasteiger partial charge < -0.3 is 10.1 Å². The molecule has 5 nitrogen and oxygen atoms in total. The molecule has 3 rings (SSSR count). The summed E-state index contributed by atoms with van der Waals surface area (Å²) in [6.07, 6.45) is 1.72. The first-order valence-electron chi connectivity index (χ1n) is 6.83. The normalized spacial score (nSPS) is 12.5. The van der Waals surface area contributed by atoms with E-state index in [-0.39, 0.29) is 6.04 Å². The van der Waals surface area contributed by atoms with E-state index in [1.165, 1.54) is 0 Å². The molecule has 1 aromatic carbocycles. The number of aryl methyl sites for hydroxylation is 1. The summed E-state index contributed by atoms with van der Waals surface area (Å²) >= 11 is 0. The number of benzene rings is 1. The summed E-state index contributed by atoms with van der Waals surface area (Å²) in [7, 11) is 5.47. The van der Waals surface area contributed by atoms with Gasteiger partial charge in [0.15, 0.2) is 5.75 Å². The molecule has 0 radical (unpaired) electrons. The molecule has 0 bridgehead atoms. The van der Waals surface area contributed by atoms with Crippen LogP contribution in [0.2, 0.25) is 0 Å². The molecule has 0 fully saturated rings. The Hall–Kier alpha value is -2.40. The van der Waals surface area contributed by atoms with Crippen LogP contribution in [0.4, 0.5) is 0 Å². The lowest BCUT2D eigenvalue weighted by Gasteiger charge is -2.18. The number of aromatic nitrogens is 3. The summed E-state index contributed by atoms with van der Waals surface area (Å²) in [6, 6.07) is 12.1. The highest BCUT2D eigenvalue weighted by molar-refractivity contribution is 5.78. The molecule has 0 amide bonds.